The minimum atomic E-state index is -0.457. The van der Waals surface area contributed by atoms with Crippen LogP contribution < -0.4 is 15.0 Å². The molecular weight excluding hydrogens is 388 g/mol. The summed E-state index contributed by atoms with van der Waals surface area (Å²) in [6.45, 7) is 4.43. The maximum absolute atomic E-state index is 12.7. The van der Waals surface area contributed by atoms with E-state index in [-0.39, 0.29) is 30.6 Å². The second-order valence-corrected chi connectivity index (χ2v) is 8.03. The first-order chi connectivity index (χ1) is 14.0. The highest BCUT2D eigenvalue weighted by molar-refractivity contribution is 8.00. The van der Waals surface area contributed by atoms with E-state index in [9.17, 15) is 14.4 Å². The lowest BCUT2D eigenvalue weighted by Gasteiger charge is -2.15. The second kappa shape index (κ2) is 9.60. The number of carbonyl (C=O) groups excluding carboxylic acids is 3. The lowest BCUT2D eigenvalue weighted by molar-refractivity contribution is -0.121. The highest BCUT2D eigenvalue weighted by Crippen LogP contribution is 2.31. The van der Waals surface area contributed by atoms with Crippen molar-refractivity contribution in [1.82, 2.24) is 0 Å². The number of hydrogen-bond acceptors (Lipinski definition) is 5. The van der Waals surface area contributed by atoms with Crippen molar-refractivity contribution in [2.24, 2.45) is 0 Å². The van der Waals surface area contributed by atoms with Gasteiger partial charge in [-0.15, -0.1) is 11.8 Å². The Labute approximate surface area is 174 Å². The third-order valence-electron chi connectivity index (χ3n) is 4.49. The van der Waals surface area contributed by atoms with Crippen molar-refractivity contribution in [3.63, 3.8) is 0 Å². The van der Waals surface area contributed by atoms with Crippen molar-refractivity contribution in [3.8, 4) is 5.75 Å². The SMILES string of the molecule is CCOc1ccc(N2C(=O)C[C@H](SCCC(=O)Nc3ccc(C)cc3)C2=O)cc1. The number of carbonyl (C=O) groups is 3. The van der Waals surface area contributed by atoms with Crippen molar-refractivity contribution in [3.05, 3.63) is 54.1 Å². The smallest absolute Gasteiger partial charge is 0.247 e. The van der Waals surface area contributed by atoms with Crippen LogP contribution in [0.1, 0.15) is 25.3 Å². The predicted molar refractivity (Wildman–Crippen MR) is 115 cm³/mol. The van der Waals surface area contributed by atoms with Crippen LogP contribution in [0.2, 0.25) is 0 Å². The molecule has 152 valence electrons. The summed E-state index contributed by atoms with van der Waals surface area (Å²) in [4.78, 5) is 38.3. The standard InChI is InChI=1S/C22H24N2O4S/c1-3-28-18-10-8-17(9-11-18)24-21(26)14-19(22(24)27)29-13-12-20(25)23-16-6-4-15(2)5-7-16/h4-11,19H,3,12-14H2,1-2H3,(H,23,25)/t19-/m0/s1. The van der Waals surface area contributed by atoms with Crippen LogP contribution in [0.15, 0.2) is 48.5 Å². The molecule has 1 atom stereocenters. The monoisotopic (exact) mass is 412 g/mol. The van der Waals surface area contributed by atoms with Crippen molar-refractivity contribution in [2.75, 3.05) is 22.6 Å². The number of aryl methyl sites for hydroxylation is 1. The van der Waals surface area contributed by atoms with Crippen molar-refractivity contribution in [2.45, 2.75) is 31.9 Å². The zero-order chi connectivity index (χ0) is 20.8. The van der Waals surface area contributed by atoms with E-state index in [1.54, 1.807) is 24.3 Å². The summed E-state index contributed by atoms with van der Waals surface area (Å²) in [5, 5.41) is 2.38. The third kappa shape index (κ3) is 5.38. The van der Waals surface area contributed by atoms with Gasteiger partial charge in [-0.05, 0) is 50.2 Å². The molecule has 7 heteroatoms. The lowest BCUT2D eigenvalue weighted by Crippen LogP contribution is -2.31. The van der Waals surface area contributed by atoms with Gasteiger partial charge in [-0.25, -0.2) is 4.90 Å². The van der Waals surface area contributed by atoms with E-state index >= 15 is 0 Å². The molecule has 2 aromatic rings. The lowest BCUT2D eigenvalue weighted by atomic mass is 10.2. The Kier molecular flexibility index (Phi) is 6.93. The molecule has 0 aliphatic carbocycles. The van der Waals surface area contributed by atoms with Crippen LogP contribution in [0.4, 0.5) is 11.4 Å². The van der Waals surface area contributed by atoms with Crippen molar-refractivity contribution < 1.29 is 19.1 Å². The van der Waals surface area contributed by atoms with E-state index in [4.69, 9.17) is 4.74 Å². The number of imide groups is 1. The van der Waals surface area contributed by atoms with Gasteiger partial charge < -0.3 is 10.1 Å². The van der Waals surface area contributed by atoms with Gasteiger partial charge in [0.25, 0.3) is 0 Å². The number of ether oxygens (including phenoxy) is 1. The summed E-state index contributed by atoms with van der Waals surface area (Å²) in [6.07, 6.45) is 0.426. The summed E-state index contributed by atoms with van der Waals surface area (Å²) < 4.78 is 5.39. The van der Waals surface area contributed by atoms with Crippen LogP contribution in [0.3, 0.4) is 0 Å². The summed E-state index contributed by atoms with van der Waals surface area (Å²) in [5.41, 5.74) is 2.42. The Morgan fingerprint density at radius 3 is 2.48 bits per heavy atom. The molecule has 0 bridgehead atoms. The zero-order valence-corrected chi connectivity index (χ0v) is 17.3. The number of nitrogens with zero attached hydrogens (tertiary/aromatic N) is 1. The van der Waals surface area contributed by atoms with Crippen LogP contribution in [0.5, 0.6) is 5.75 Å². The largest absolute Gasteiger partial charge is 0.494 e. The Morgan fingerprint density at radius 1 is 1.14 bits per heavy atom. The third-order valence-corrected chi connectivity index (χ3v) is 5.71. The van der Waals surface area contributed by atoms with E-state index in [0.717, 1.165) is 11.3 Å². The van der Waals surface area contributed by atoms with Gasteiger partial charge in [0.15, 0.2) is 0 Å². The van der Waals surface area contributed by atoms with E-state index in [1.165, 1.54) is 16.7 Å². The first-order valence-electron chi connectivity index (χ1n) is 9.55. The average molecular weight is 413 g/mol. The summed E-state index contributed by atoms with van der Waals surface area (Å²) in [6, 6.07) is 14.5. The van der Waals surface area contributed by atoms with Gasteiger partial charge in [-0.1, -0.05) is 17.7 Å². The molecule has 1 heterocycles. The minimum Gasteiger partial charge on any atom is -0.494 e. The number of hydrogen-bond donors (Lipinski definition) is 1. The Morgan fingerprint density at radius 2 is 1.83 bits per heavy atom. The molecule has 0 saturated carbocycles. The predicted octanol–water partition coefficient (Wildman–Crippen LogP) is 3.79. The van der Waals surface area contributed by atoms with E-state index in [0.29, 0.717) is 23.8 Å². The van der Waals surface area contributed by atoms with Crippen LogP contribution in [-0.2, 0) is 14.4 Å². The average Bonchev–Trinajstić information content (AvgIpc) is 2.98. The molecule has 3 amide bonds. The number of amides is 3. The molecular formula is C22H24N2O4S. The Bertz CT molecular complexity index is 881. The molecule has 2 aromatic carbocycles. The van der Waals surface area contributed by atoms with Crippen LogP contribution in [0, 0.1) is 6.92 Å². The van der Waals surface area contributed by atoms with Gasteiger partial charge in [0.2, 0.25) is 17.7 Å². The molecule has 1 saturated heterocycles. The molecule has 1 N–H and O–H groups in total. The highest BCUT2D eigenvalue weighted by Gasteiger charge is 2.39. The molecule has 0 aromatic heterocycles. The van der Waals surface area contributed by atoms with Gasteiger partial charge in [-0.2, -0.15) is 0 Å². The molecule has 1 aliphatic rings. The van der Waals surface area contributed by atoms with Crippen molar-refractivity contribution >= 4 is 40.9 Å². The Hall–Kier alpha value is -2.80. The second-order valence-electron chi connectivity index (χ2n) is 6.72. The van der Waals surface area contributed by atoms with Gasteiger partial charge in [0.1, 0.15) is 5.75 Å². The van der Waals surface area contributed by atoms with E-state index in [2.05, 4.69) is 5.32 Å². The summed E-state index contributed by atoms with van der Waals surface area (Å²) in [7, 11) is 0. The van der Waals surface area contributed by atoms with Gasteiger partial charge >= 0.3 is 0 Å². The number of benzene rings is 2. The molecule has 3 rings (SSSR count). The van der Waals surface area contributed by atoms with Crippen LogP contribution in [0.25, 0.3) is 0 Å². The molecule has 0 spiro atoms. The molecule has 0 radical (unpaired) electrons. The fraction of sp³-hybridized carbons (Fsp3) is 0.318. The van der Waals surface area contributed by atoms with Crippen LogP contribution in [-0.4, -0.2) is 35.3 Å². The maximum atomic E-state index is 12.7. The van der Waals surface area contributed by atoms with E-state index < -0.39 is 5.25 Å². The van der Waals surface area contributed by atoms with E-state index in [1.807, 2.05) is 38.1 Å². The molecule has 6 nitrogen and oxygen atoms in total. The quantitative estimate of drug-likeness (QED) is 0.668. The first-order valence-corrected chi connectivity index (χ1v) is 10.6. The number of thioether (sulfide) groups is 1. The summed E-state index contributed by atoms with van der Waals surface area (Å²) >= 11 is 1.35. The summed E-state index contributed by atoms with van der Waals surface area (Å²) in [5.74, 6) is 0.601. The van der Waals surface area contributed by atoms with Gasteiger partial charge in [-0.3, -0.25) is 14.4 Å². The number of anilines is 2. The normalized spacial score (nSPS) is 16.2. The maximum Gasteiger partial charge on any atom is 0.247 e. The fourth-order valence-corrected chi connectivity index (χ4v) is 4.11. The minimum absolute atomic E-state index is 0.110. The number of rotatable bonds is 8. The molecule has 29 heavy (non-hydrogen) atoms. The molecule has 1 aliphatic heterocycles. The van der Waals surface area contributed by atoms with Gasteiger partial charge in [0, 0.05) is 24.3 Å². The van der Waals surface area contributed by atoms with Crippen molar-refractivity contribution in [1.29, 1.82) is 0 Å². The fourth-order valence-electron chi connectivity index (χ4n) is 3.02. The molecule has 1 fully saturated rings. The number of nitrogens with one attached hydrogen (secondary N) is 1. The topological polar surface area (TPSA) is 75.7 Å². The first kappa shape index (κ1) is 20.9. The Balaban J connectivity index is 1.50. The van der Waals surface area contributed by atoms with Crippen LogP contribution >= 0.6 is 11.8 Å². The highest BCUT2D eigenvalue weighted by atomic mass is 32.2. The molecule has 0 unspecified atom stereocenters. The van der Waals surface area contributed by atoms with Gasteiger partial charge in [0.05, 0.1) is 17.5 Å². The zero-order valence-electron chi connectivity index (χ0n) is 16.5.